The lowest BCUT2D eigenvalue weighted by Crippen LogP contribution is -2.34. The number of aliphatic hydroxyl groups is 1. The quantitative estimate of drug-likeness (QED) is 0.429. The Kier molecular flexibility index (Phi) is 4.57. The molecule has 0 fully saturated rings. The molecule has 12 heteroatoms. The number of halogens is 1. The Labute approximate surface area is 127 Å². The second-order valence-corrected chi connectivity index (χ2v) is 5.68. The molecule has 1 aromatic rings. The van der Waals surface area contributed by atoms with Gasteiger partial charge in [0.05, 0.1) is 12.6 Å². The second-order valence-electron chi connectivity index (χ2n) is 4.48. The number of rotatable bonds is 5. The summed E-state index contributed by atoms with van der Waals surface area (Å²) in [6, 6.07) is 0. The molecule has 0 saturated heterocycles. The molecule has 2 heterocycles. The van der Waals surface area contributed by atoms with Crippen molar-refractivity contribution in [3.05, 3.63) is 57.0 Å². The average Bonchev–Trinajstić information content (AvgIpc) is 2.81. The van der Waals surface area contributed by atoms with E-state index in [1.807, 2.05) is 0 Å². The van der Waals surface area contributed by atoms with Crippen LogP contribution in [0.2, 0.25) is 0 Å². The van der Waals surface area contributed by atoms with Gasteiger partial charge in [-0.2, -0.15) is 4.39 Å². The fourth-order valence-corrected chi connectivity index (χ4v) is 2.41. The number of hydrogen-bond acceptors (Lipinski definition) is 6. The summed E-state index contributed by atoms with van der Waals surface area (Å²) in [7, 11) is -4.91. The fourth-order valence-electron chi connectivity index (χ4n) is 1.93. The number of nitrogens with one attached hydrogen (secondary N) is 1. The zero-order chi connectivity index (χ0) is 17.4. The highest BCUT2D eigenvalue weighted by molar-refractivity contribution is 7.46. The summed E-state index contributed by atoms with van der Waals surface area (Å²) < 4.78 is 34.4. The molecule has 1 aliphatic rings. The maximum atomic E-state index is 13.3. The predicted molar refractivity (Wildman–Crippen MR) is 72.8 cm³/mol. The Morgan fingerprint density at radius 2 is 2.22 bits per heavy atom. The van der Waals surface area contributed by atoms with E-state index in [9.17, 15) is 23.7 Å². The van der Waals surface area contributed by atoms with E-state index in [0.717, 1.165) is 6.08 Å². The molecule has 0 saturated carbocycles. The molecule has 10 nitrogen and oxygen atoms in total. The molecule has 0 aliphatic carbocycles. The summed E-state index contributed by atoms with van der Waals surface area (Å²) in [4.78, 5) is 41.9. The second kappa shape index (κ2) is 6.13. The first-order valence-electron chi connectivity index (χ1n) is 6.08. The lowest BCUT2D eigenvalue weighted by Gasteiger charge is -2.19. The first-order chi connectivity index (χ1) is 10.6. The van der Waals surface area contributed by atoms with Gasteiger partial charge in [0.1, 0.15) is 11.9 Å². The molecule has 0 bridgehead atoms. The van der Waals surface area contributed by atoms with Crippen LogP contribution in [0.1, 0.15) is 12.6 Å². The van der Waals surface area contributed by atoms with Gasteiger partial charge in [-0.1, -0.05) is 6.08 Å². The van der Waals surface area contributed by atoms with E-state index >= 15 is 0 Å². The van der Waals surface area contributed by atoms with E-state index < -0.39 is 43.0 Å². The van der Waals surface area contributed by atoms with Gasteiger partial charge >= 0.3 is 13.5 Å². The molecule has 0 aromatic carbocycles. The van der Waals surface area contributed by atoms with Crippen molar-refractivity contribution in [3.63, 3.8) is 0 Å². The molecule has 0 radical (unpaired) electrons. The lowest BCUT2D eigenvalue weighted by molar-refractivity contribution is 0.0419. The third-order valence-electron chi connectivity index (χ3n) is 2.87. The largest absolute Gasteiger partial charge is 0.508 e. The molecule has 4 N–H and O–H groups in total. The van der Waals surface area contributed by atoms with Crippen LogP contribution in [0.15, 0.2) is 40.0 Å². The molecule has 2 atom stereocenters. The smallest absolute Gasteiger partial charge is 0.470 e. The minimum atomic E-state index is -4.91. The highest BCUT2D eigenvalue weighted by Crippen LogP contribution is 2.42. The zero-order valence-corrected chi connectivity index (χ0v) is 12.3. The SMILES string of the molecule is C=C[C@@H](OP(=O)(O)O)C1=C(O)C[C@H](n2cc(F)c(=O)[nH]c2=O)O1. The fraction of sp³-hybridized carbons (Fsp3) is 0.273. The first-order valence-corrected chi connectivity index (χ1v) is 7.61. The monoisotopic (exact) mass is 350 g/mol. The standard InChI is InChI=1S/C11H12FN2O8P/c1-2-7(22-23(18,19)20)9-6(15)3-8(21-9)14-4-5(12)10(16)13-11(14)17/h2,4,7-8,15H,1,3H2,(H,13,16,17)(H2,18,19,20)/t7-,8-/m1/s1. The van der Waals surface area contributed by atoms with Crippen LogP contribution >= 0.6 is 7.82 Å². The molecular weight excluding hydrogens is 338 g/mol. The first kappa shape index (κ1) is 17.2. The van der Waals surface area contributed by atoms with Gasteiger partial charge in [0.15, 0.2) is 12.0 Å². The van der Waals surface area contributed by atoms with Crippen molar-refractivity contribution >= 4 is 7.82 Å². The van der Waals surface area contributed by atoms with Crippen LogP contribution in [0.3, 0.4) is 0 Å². The van der Waals surface area contributed by atoms with Crippen molar-refractivity contribution in [3.8, 4) is 0 Å². The van der Waals surface area contributed by atoms with Crippen molar-refractivity contribution in [2.24, 2.45) is 0 Å². The highest BCUT2D eigenvalue weighted by Gasteiger charge is 2.35. The van der Waals surface area contributed by atoms with E-state index in [4.69, 9.17) is 14.5 Å². The summed E-state index contributed by atoms with van der Waals surface area (Å²) in [6.45, 7) is 3.30. The number of ether oxygens (including phenoxy) is 1. The number of hydrogen-bond donors (Lipinski definition) is 4. The summed E-state index contributed by atoms with van der Waals surface area (Å²) in [5, 5.41) is 9.83. The Bertz CT molecular complexity index is 822. The Hall–Kier alpha value is -2.20. The topological polar surface area (TPSA) is 151 Å². The van der Waals surface area contributed by atoms with Gasteiger partial charge in [-0.25, -0.2) is 9.36 Å². The van der Waals surface area contributed by atoms with Crippen molar-refractivity contribution in [1.29, 1.82) is 0 Å². The van der Waals surface area contributed by atoms with Gasteiger partial charge in [0, 0.05) is 0 Å². The third-order valence-corrected chi connectivity index (χ3v) is 3.38. The molecule has 1 aromatic heterocycles. The summed E-state index contributed by atoms with van der Waals surface area (Å²) in [6.07, 6.45) is -1.47. The van der Waals surface area contributed by atoms with Gasteiger partial charge in [0.2, 0.25) is 5.82 Å². The van der Waals surface area contributed by atoms with E-state index in [2.05, 4.69) is 11.1 Å². The molecule has 0 amide bonds. The molecular formula is C11H12FN2O8P. The van der Waals surface area contributed by atoms with E-state index in [1.54, 1.807) is 4.98 Å². The molecule has 0 unspecified atom stereocenters. The third kappa shape index (κ3) is 3.77. The Morgan fingerprint density at radius 1 is 1.57 bits per heavy atom. The number of phosphoric ester groups is 1. The number of aromatic nitrogens is 2. The Morgan fingerprint density at radius 3 is 2.78 bits per heavy atom. The summed E-state index contributed by atoms with van der Waals surface area (Å²) in [5.74, 6) is -2.09. The van der Waals surface area contributed by atoms with Crippen LogP contribution in [0, 0.1) is 5.82 Å². The van der Waals surface area contributed by atoms with Gasteiger partial charge < -0.3 is 19.6 Å². The maximum absolute atomic E-state index is 13.3. The van der Waals surface area contributed by atoms with Gasteiger partial charge in [-0.15, -0.1) is 6.58 Å². The van der Waals surface area contributed by atoms with E-state index in [1.165, 1.54) is 0 Å². The van der Waals surface area contributed by atoms with Gasteiger partial charge in [0.25, 0.3) is 5.56 Å². The van der Waals surface area contributed by atoms with Crippen LogP contribution < -0.4 is 11.2 Å². The number of nitrogens with zero attached hydrogens (tertiary/aromatic N) is 1. The number of aliphatic hydroxyl groups excluding tert-OH is 1. The maximum Gasteiger partial charge on any atom is 0.470 e. The van der Waals surface area contributed by atoms with Crippen LogP contribution in [0.25, 0.3) is 0 Å². The van der Waals surface area contributed by atoms with Crippen molar-refractivity contribution in [1.82, 2.24) is 9.55 Å². The highest BCUT2D eigenvalue weighted by atomic mass is 31.2. The average molecular weight is 350 g/mol. The van der Waals surface area contributed by atoms with Crippen LogP contribution in [0.5, 0.6) is 0 Å². The predicted octanol–water partition coefficient (Wildman–Crippen LogP) is 0.0281. The summed E-state index contributed by atoms with van der Waals surface area (Å²) >= 11 is 0. The van der Waals surface area contributed by atoms with E-state index in [-0.39, 0.29) is 12.2 Å². The normalized spacial score (nSPS) is 19.5. The molecule has 1 aliphatic heterocycles. The molecule has 126 valence electrons. The van der Waals surface area contributed by atoms with Gasteiger partial charge in [-0.3, -0.25) is 18.9 Å². The molecule has 2 rings (SSSR count). The zero-order valence-electron chi connectivity index (χ0n) is 11.4. The lowest BCUT2D eigenvalue weighted by atomic mass is 10.2. The summed E-state index contributed by atoms with van der Waals surface area (Å²) in [5.41, 5.74) is -2.20. The van der Waals surface area contributed by atoms with Crippen molar-refractivity contribution in [2.45, 2.75) is 18.8 Å². The Balaban J connectivity index is 2.29. The van der Waals surface area contributed by atoms with Crippen LogP contribution in [-0.2, 0) is 13.8 Å². The molecule has 0 spiro atoms. The minimum Gasteiger partial charge on any atom is -0.508 e. The van der Waals surface area contributed by atoms with Gasteiger partial charge in [-0.05, 0) is 0 Å². The van der Waals surface area contributed by atoms with Crippen molar-refractivity contribution in [2.75, 3.05) is 0 Å². The number of H-pyrrole nitrogens is 1. The number of phosphoric acid groups is 1. The molecule has 23 heavy (non-hydrogen) atoms. The van der Waals surface area contributed by atoms with Crippen LogP contribution in [0.4, 0.5) is 4.39 Å². The van der Waals surface area contributed by atoms with Crippen molar-refractivity contribution < 1.29 is 33.1 Å². The van der Waals surface area contributed by atoms with Crippen LogP contribution in [-0.4, -0.2) is 30.5 Å². The van der Waals surface area contributed by atoms with E-state index in [0.29, 0.717) is 10.8 Å². The minimum absolute atomic E-state index is 0.310. The number of aromatic amines is 1.